The molecule has 41 valence electrons. The summed E-state index contributed by atoms with van der Waals surface area (Å²) in [7, 11) is 0. The van der Waals surface area contributed by atoms with Crippen LogP contribution in [0.1, 0.15) is 6.92 Å². The van der Waals surface area contributed by atoms with Gasteiger partial charge in [-0.15, -0.1) is 0 Å². The summed E-state index contributed by atoms with van der Waals surface area (Å²) in [5.41, 5.74) is 0. The zero-order valence-corrected chi connectivity index (χ0v) is 5.38. The average molecular weight is 140 g/mol. The van der Waals surface area contributed by atoms with E-state index in [-0.39, 0.29) is 5.03 Å². The van der Waals surface area contributed by atoms with Crippen molar-refractivity contribution in [3.63, 3.8) is 0 Å². The second kappa shape index (κ2) is 3.30. The normalized spacial score (nSPS) is 13.7. The fraction of sp³-hybridized carbons (Fsp3) is 0.500. The minimum Gasteiger partial charge on any atom is -0.231 e. The number of rotatable bonds is 1. The van der Waals surface area contributed by atoms with Crippen LogP contribution in [-0.4, -0.2) is 6.61 Å². The minimum atomic E-state index is -0.420. The van der Waals surface area contributed by atoms with E-state index in [0.29, 0.717) is 5.03 Å². The van der Waals surface area contributed by atoms with Crippen molar-refractivity contribution in [3.05, 3.63) is 10.1 Å². The van der Waals surface area contributed by atoms with E-state index in [2.05, 4.69) is 0 Å². The topological polar surface area (TPSA) is 19.9 Å². The lowest BCUT2D eigenvalue weighted by Crippen LogP contribution is -1.78. The Kier molecular flexibility index (Phi) is 3.44. The lowest BCUT2D eigenvalue weighted by molar-refractivity contribution is 0.228. The molecule has 0 aliphatic carbocycles. The van der Waals surface area contributed by atoms with E-state index in [1.807, 2.05) is 0 Å². The molecule has 7 heavy (non-hydrogen) atoms. The lowest BCUT2D eigenvalue weighted by Gasteiger charge is -1.86. The molecule has 0 aromatic carbocycles. The van der Waals surface area contributed by atoms with Gasteiger partial charge < -0.3 is 0 Å². The summed E-state index contributed by atoms with van der Waals surface area (Å²) in [4.78, 5) is 0. The molecule has 0 unspecified atom stereocenters. The van der Waals surface area contributed by atoms with Crippen molar-refractivity contribution in [3.8, 4) is 0 Å². The van der Waals surface area contributed by atoms with Gasteiger partial charge in [0.15, 0.2) is 0 Å². The molecule has 3 heteroatoms. The van der Waals surface area contributed by atoms with Crippen molar-refractivity contribution < 1.29 is 5.11 Å². The van der Waals surface area contributed by atoms with Crippen molar-refractivity contribution in [1.29, 1.82) is 0 Å². The molecule has 0 amide bonds. The molecule has 0 saturated carbocycles. The largest absolute Gasteiger partial charge is 0.231 e. The van der Waals surface area contributed by atoms with Crippen molar-refractivity contribution >= 4 is 23.2 Å². The van der Waals surface area contributed by atoms with Crippen LogP contribution in [0.25, 0.3) is 0 Å². The highest BCUT2D eigenvalue weighted by Gasteiger charge is 1.91. The Labute approximate surface area is 52.5 Å². The summed E-state index contributed by atoms with van der Waals surface area (Å²) in [6.45, 7) is 1.17. The zero-order valence-electron chi connectivity index (χ0n) is 3.87. The highest BCUT2D eigenvalue weighted by atomic mass is 35.5. The van der Waals surface area contributed by atoms with Crippen molar-refractivity contribution in [1.82, 2.24) is 0 Å². The van der Waals surface area contributed by atoms with Gasteiger partial charge in [0.05, 0.1) is 5.03 Å². The van der Waals surface area contributed by atoms with E-state index < -0.39 is 6.61 Å². The molecule has 0 heterocycles. The van der Waals surface area contributed by atoms with Gasteiger partial charge >= 0.3 is 0 Å². The molecular formula is C4H5Cl2O. The molecule has 0 aromatic rings. The fourth-order valence-corrected chi connectivity index (χ4v) is 0.154. The molecule has 0 aliphatic rings. The highest BCUT2D eigenvalue weighted by molar-refractivity contribution is 6.38. The Hall–Kier alpha value is 0.280. The Balaban J connectivity index is 3.72. The lowest BCUT2D eigenvalue weighted by atomic mass is 10.5. The number of hydrogen-bond acceptors (Lipinski definition) is 0. The van der Waals surface area contributed by atoms with Crippen molar-refractivity contribution in [2.24, 2.45) is 0 Å². The third-order valence-electron chi connectivity index (χ3n) is 0.501. The minimum absolute atomic E-state index is 0.196. The van der Waals surface area contributed by atoms with Gasteiger partial charge in [-0.3, -0.25) is 0 Å². The number of allylic oxidation sites excluding steroid dienone is 1. The monoisotopic (exact) mass is 139 g/mol. The van der Waals surface area contributed by atoms with Crippen LogP contribution in [0.4, 0.5) is 0 Å². The van der Waals surface area contributed by atoms with Gasteiger partial charge in [-0.2, -0.15) is 0 Å². The first kappa shape index (κ1) is 7.28. The van der Waals surface area contributed by atoms with Crippen LogP contribution in [-0.2, 0) is 5.11 Å². The van der Waals surface area contributed by atoms with Crippen LogP contribution in [0.3, 0.4) is 0 Å². The zero-order chi connectivity index (χ0) is 5.86. The van der Waals surface area contributed by atoms with Crippen LogP contribution < -0.4 is 0 Å². The van der Waals surface area contributed by atoms with Crippen molar-refractivity contribution in [2.75, 3.05) is 6.61 Å². The molecule has 0 saturated heterocycles. The quantitative estimate of drug-likeness (QED) is 0.531. The van der Waals surface area contributed by atoms with Crippen molar-refractivity contribution in [2.45, 2.75) is 6.92 Å². The molecular weight excluding hydrogens is 135 g/mol. The molecule has 0 spiro atoms. The summed E-state index contributed by atoms with van der Waals surface area (Å²) in [5, 5.41) is 10.4. The van der Waals surface area contributed by atoms with Gasteiger partial charge in [0.2, 0.25) is 0 Å². The molecule has 0 fully saturated rings. The number of halogens is 2. The average Bonchev–Trinajstić information content (AvgIpc) is 1.65. The molecule has 0 bridgehead atoms. The molecule has 1 nitrogen and oxygen atoms in total. The smallest absolute Gasteiger partial charge is 0.119 e. The van der Waals surface area contributed by atoms with E-state index in [1.54, 1.807) is 6.92 Å². The third kappa shape index (κ3) is 2.92. The van der Waals surface area contributed by atoms with E-state index in [9.17, 15) is 5.11 Å². The summed E-state index contributed by atoms with van der Waals surface area (Å²) in [5.74, 6) is 0. The van der Waals surface area contributed by atoms with E-state index in [4.69, 9.17) is 23.2 Å². The van der Waals surface area contributed by atoms with Gasteiger partial charge in [0.25, 0.3) is 0 Å². The Morgan fingerprint density at radius 3 is 2.00 bits per heavy atom. The summed E-state index contributed by atoms with van der Waals surface area (Å²) in [6.07, 6.45) is 0. The summed E-state index contributed by atoms with van der Waals surface area (Å²) in [6, 6.07) is 0. The highest BCUT2D eigenvalue weighted by Crippen LogP contribution is 2.10. The van der Waals surface area contributed by atoms with Crippen LogP contribution in [0.15, 0.2) is 10.1 Å². The molecule has 0 aliphatic heterocycles. The maximum Gasteiger partial charge on any atom is 0.119 e. The predicted molar refractivity (Wildman–Crippen MR) is 30.0 cm³/mol. The van der Waals surface area contributed by atoms with Crippen LogP contribution >= 0.6 is 23.2 Å². The van der Waals surface area contributed by atoms with Gasteiger partial charge in [0.1, 0.15) is 6.61 Å². The van der Waals surface area contributed by atoms with Crippen LogP contribution in [0.2, 0.25) is 0 Å². The summed E-state index contributed by atoms with van der Waals surface area (Å²) < 4.78 is 0. The summed E-state index contributed by atoms with van der Waals surface area (Å²) >= 11 is 10.5. The maximum atomic E-state index is 9.80. The third-order valence-corrected chi connectivity index (χ3v) is 1.22. The van der Waals surface area contributed by atoms with Gasteiger partial charge in [-0.05, 0) is 6.92 Å². The fourth-order valence-electron chi connectivity index (χ4n) is 0.0994. The van der Waals surface area contributed by atoms with E-state index in [0.717, 1.165) is 0 Å². The Morgan fingerprint density at radius 2 is 2.00 bits per heavy atom. The number of hydrogen-bond donors (Lipinski definition) is 0. The SMILES string of the molecule is CC(Cl)=C(Cl)C[O]. The molecule has 1 radical (unpaired) electrons. The first-order chi connectivity index (χ1) is 3.18. The second-order valence-electron chi connectivity index (χ2n) is 1.08. The molecule has 0 aromatic heterocycles. The van der Waals surface area contributed by atoms with Crippen LogP contribution in [0.5, 0.6) is 0 Å². The molecule has 0 N–H and O–H groups in total. The predicted octanol–water partition coefficient (Wildman–Crippen LogP) is 2.13. The second-order valence-corrected chi connectivity index (χ2v) is 2.11. The van der Waals surface area contributed by atoms with Gasteiger partial charge in [-0.25, -0.2) is 5.11 Å². The standard InChI is InChI=1S/C4H5Cl2O/c1-3(5)4(6)2-7/h2H2,1H3. The van der Waals surface area contributed by atoms with E-state index >= 15 is 0 Å². The first-order valence-corrected chi connectivity index (χ1v) is 2.53. The van der Waals surface area contributed by atoms with Gasteiger partial charge in [-0.1, -0.05) is 23.2 Å². The molecule has 0 rings (SSSR count). The Morgan fingerprint density at radius 1 is 1.57 bits per heavy atom. The molecule has 0 atom stereocenters. The van der Waals surface area contributed by atoms with Gasteiger partial charge in [0, 0.05) is 5.03 Å². The van der Waals surface area contributed by atoms with Crippen LogP contribution in [0, 0.1) is 0 Å². The maximum absolute atomic E-state index is 9.80. The first-order valence-electron chi connectivity index (χ1n) is 1.77. The Bertz CT molecular complexity index is 83.7. The van der Waals surface area contributed by atoms with E-state index in [1.165, 1.54) is 0 Å².